The molecule has 0 saturated heterocycles. The number of hydrogen-bond acceptors (Lipinski definition) is 2. The van der Waals surface area contributed by atoms with Gasteiger partial charge in [0.15, 0.2) is 0 Å². The van der Waals surface area contributed by atoms with Crippen molar-refractivity contribution in [3.05, 3.63) is 59.0 Å². The Morgan fingerprint density at radius 3 is 2.44 bits per heavy atom. The molecule has 1 nitrogen and oxygen atoms in total. The van der Waals surface area contributed by atoms with Crippen LogP contribution in [0.15, 0.2) is 48.5 Å². The Labute approximate surface area is 111 Å². The zero-order valence-corrected chi connectivity index (χ0v) is 11.1. The topological polar surface area (TPSA) is 26.0 Å². The molecule has 90 valence electrons. The third-order valence-corrected chi connectivity index (χ3v) is 4.34. The molecule has 0 aliphatic heterocycles. The second-order valence-corrected chi connectivity index (χ2v) is 5.69. The quantitative estimate of drug-likeness (QED) is 0.722. The van der Waals surface area contributed by atoms with Crippen molar-refractivity contribution in [3.63, 3.8) is 0 Å². The van der Waals surface area contributed by atoms with Crippen LogP contribution < -0.4 is 5.73 Å². The summed E-state index contributed by atoms with van der Waals surface area (Å²) in [6.45, 7) is 2.79. The first kappa shape index (κ1) is 11.5. The van der Waals surface area contributed by atoms with Gasteiger partial charge in [0, 0.05) is 27.1 Å². The fourth-order valence-corrected chi connectivity index (χ4v) is 3.42. The van der Waals surface area contributed by atoms with Crippen LogP contribution in [0.2, 0.25) is 0 Å². The van der Waals surface area contributed by atoms with Crippen LogP contribution in [0, 0.1) is 6.92 Å². The van der Waals surface area contributed by atoms with E-state index in [1.165, 1.54) is 31.7 Å². The first-order valence-corrected chi connectivity index (χ1v) is 6.89. The lowest BCUT2D eigenvalue weighted by Gasteiger charge is -2.03. The van der Waals surface area contributed by atoms with E-state index >= 15 is 0 Å². The maximum atomic E-state index is 5.64. The molecule has 0 unspecified atom stereocenters. The molecule has 3 rings (SSSR count). The highest BCUT2D eigenvalue weighted by Gasteiger charge is 2.10. The Kier molecular flexibility index (Phi) is 2.90. The van der Waals surface area contributed by atoms with Gasteiger partial charge in [-0.1, -0.05) is 42.5 Å². The van der Waals surface area contributed by atoms with Gasteiger partial charge in [-0.05, 0) is 24.1 Å². The highest BCUT2D eigenvalue weighted by molar-refractivity contribution is 7.19. The molecule has 2 heteroatoms. The van der Waals surface area contributed by atoms with Crippen LogP contribution in [0.3, 0.4) is 0 Å². The summed E-state index contributed by atoms with van der Waals surface area (Å²) in [6, 6.07) is 17.2. The normalized spacial score (nSPS) is 11.0. The van der Waals surface area contributed by atoms with Crippen molar-refractivity contribution in [3.8, 4) is 11.1 Å². The summed E-state index contributed by atoms with van der Waals surface area (Å²) in [6.07, 6.45) is 0. The number of benzene rings is 2. The van der Waals surface area contributed by atoms with Crippen molar-refractivity contribution < 1.29 is 0 Å². The van der Waals surface area contributed by atoms with Gasteiger partial charge in [0.05, 0.1) is 0 Å². The second-order valence-electron chi connectivity index (χ2n) is 4.43. The number of nitrogens with two attached hydrogens (primary N) is 1. The average Bonchev–Trinajstić information content (AvgIpc) is 2.75. The molecule has 1 heterocycles. The largest absolute Gasteiger partial charge is 0.326 e. The van der Waals surface area contributed by atoms with E-state index in [0.717, 1.165) is 0 Å². The Morgan fingerprint density at radius 2 is 1.72 bits per heavy atom. The van der Waals surface area contributed by atoms with Gasteiger partial charge in [-0.3, -0.25) is 0 Å². The maximum absolute atomic E-state index is 5.64. The lowest BCUT2D eigenvalue weighted by atomic mass is 10.0. The van der Waals surface area contributed by atoms with Crippen LogP contribution in [-0.2, 0) is 6.54 Å². The van der Waals surface area contributed by atoms with Gasteiger partial charge in [-0.2, -0.15) is 0 Å². The van der Waals surface area contributed by atoms with Crippen molar-refractivity contribution in [2.75, 3.05) is 0 Å². The summed E-state index contributed by atoms with van der Waals surface area (Å²) in [5, 5.41) is 1.35. The first-order valence-electron chi connectivity index (χ1n) is 6.07. The monoisotopic (exact) mass is 253 g/mol. The Hall–Kier alpha value is -1.64. The third kappa shape index (κ3) is 1.84. The van der Waals surface area contributed by atoms with E-state index in [1.54, 1.807) is 0 Å². The summed E-state index contributed by atoms with van der Waals surface area (Å²) in [7, 11) is 0. The van der Waals surface area contributed by atoms with E-state index < -0.39 is 0 Å². The van der Waals surface area contributed by atoms with Crippen molar-refractivity contribution in [2.45, 2.75) is 13.5 Å². The van der Waals surface area contributed by atoms with E-state index in [9.17, 15) is 0 Å². The molecule has 0 spiro atoms. The first-order chi connectivity index (χ1) is 8.79. The number of aryl methyl sites for hydroxylation is 1. The highest BCUT2D eigenvalue weighted by atomic mass is 32.1. The van der Waals surface area contributed by atoms with Crippen molar-refractivity contribution in [1.29, 1.82) is 0 Å². The lowest BCUT2D eigenvalue weighted by molar-refractivity contribution is 1.07. The van der Waals surface area contributed by atoms with Crippen molar-refractivity contribution in [1.82, 2.24) is 0 Å². The molecule has 0 fully saturated rings. The van der Waals surface area contributed by atoms with Crippen LogP contribution in [0.1, 0.15) is 10.4 Å². The van der Waals surface area contributed by atoms with Gasteiger partial charge in [0.25, 0.3) is 0 Å². The molecular weight excluding hydrogens is 238 g/mol. The summed E-state index contributed by atoms with van der Waals surface area (Å²) in [4.78, 5) is 1.37. The average molecular weight is 253 g/mol. The van der Waals surface area contributed by atoms with Gasteiger partial charge >= 0.3 is 0 Å². The fraction of sp³-hybridized carbons (Fsp3) is 0.125. The number of rotatable bonds is 2. The second kappa shape index (κ2) is 4.56. The van der Waals surface area contributed by atoms with Gasteiger partial charge in [-0.15, -0.1) is 11.3 Å². The van der Waals surface area contributed by atoms with E-state index in [-0.39, 0.29) is 0 Å². The Morgan fingerprint density at radius 1 is 1.00 bits per heavy atom. The predicted octanol–water partition coefficient (Wildman–Crippen LogP) is 4.34. The van der Waals surface area contributed by atoms with E-state index in [4.69, 9.17) is 5.73 Å². The molecule has 0 aliphatic rings. The molecule has 0 bridgehead atoms. The summed E-state index contributed by atoms with van der Waals surface area (Å²) in [5.74, 6) is 0. The molecule has 18 heavy (non-hydrogen) atoms. The number of fused-ring (bicyclic) bond motifs is 1. The van der Waals surface area contributed by atoms with Gasteiger partial charge in [0.2, 0.25) is 0 Å². The summed E-state index contributed by atoms with van der Waals surface area (Å²) in [5.41, 5.74) is 9.46. The Balaban J connectivity index is 2.20. The lowest BCUT2D eigenvalue weighted by Crippen LogP contribution is -1.95. The molecule has 0 radical (unpaired) electrons. The van der Waals surface area contributed by atoms with E-state index in [0.29, 0.717) is 6.54 Å². The van der Waals surface area contributed by atoms with Crippen molar-refractivity contribution in [2.24, 2.45) is 5.73 Å². The fourth-order valence-electron chi connectivity index (χ4n) is 2.33. The minimum Gasteiger partial charge on any atom is -0.326 e. The van der Waals surface area contributed by atoms with Crippen LogP contribution in [0.5, 0.6) is 0 Å². The molecule has 0 aliphatic carbocycles. The summed E-state index contributed by atoms with van der Waals surface area (Å²) >= 11 is 1.86. The predicted molar refractivity (Wildman–Crippen MR) is 79.9 cm³/mol. The highest BCUT2D eigenvalue weighted by Crippen LogP contribution is 2.38. The van der Waals surface area contributed by atoms with Crippen LogP contribution in [-0.4, -0.2) is 0 Å². The molecule has 1 aromatic heterocycles. The molecule has 2 aromatic carbocycles. The van der Waals surface area contributed by atoms with Crippen LogP contribution in [0.4, 0.5) is 0 Å². The minimum absolute atomic E-state index is 0.601. The Bertz CT molecular complexity index is 680. The van der Waals surface area contributed by atoms with Crippen LogP contribution >= 0.6 is 11.3 Å². The number of thiophene rings is 1. The van der Waals surface area contributed by atoms with Crippen LogP contribution in [0.25, 0.3) is 21.2 Å². The SMILES string of the molecule is Cc1sc2ccccc2c1-c1ccc(CN)cc1. The van der Waals surface area contributed by atoms with E-state index in [2.05, 4.69) is 55.5 Å². The summed E-state index contributed by atoms with van der Waals surface area (Å²) < 4.78 is 1.35. The third-order valence-electron chi connectivity index (χ3n) is 3.25. The minimum atomic E-state index is 0.601. The number of hydrogen-bond donors (Lipinski definition) is 1. The van der Waals surface area contributed by atoms with E-state index in [1.807, 2.05) is 11.3 Å². The molecule has 0 saturated carbocycles. The molecule has 0 amide bonds. The zero-order chi connectivity index (χ0) is 12.5. The molecule has 2 N–H and O–H groups in total. The zero-order valence-electron chi connectivity index (χ0n) is 10.3. The van der Waals surface area contributed by atoms with Crippen molar-refractivity contribution >= 4 is 21.4 Å². The molecular formula is C16H15NS. The van der Waals surface area contributed by atoms with Gasteiger partial charge in [-0.25, -0.2) is 0 Å². The molecule has 3 aromatic rings. The van der Waals surface area contributed by atoms with Gasteiger partial charge < -0.3 is 5.73 Å². The molecule has 0 atom stereocenters. The maximum Gasteiger partial charge on any atom is 0.0352 e. The standard InChI is InChI=1S/C16H15NS/c1-11-16(13-8-6-12(10-17)7-9-13)14-4-2-3-5-15(14)18-11/h2-9H,10,17H2,1H3. The van der Waals surface area contributed by atoms with Gasteiger partial charge in [0.1, 0.15) is 0 Å². The smallest absolute Gasteiger partial charge is 0.0352 e.